The molecule has 1 aromatic rings. The van der Waals surface area contributed by atoms with Crippen molar-refractivity contribution >= 4 is 17.0 Å². The minimum atomic E-state index is -2.10. The molecule has 0 nitrogen and oxygen atoms in total. The molecule has 0 spiro atoms. The molecule has 4 aliphatic rings. The van der Waals surface area contributed by atoms with Crippen molar-refractivity contribution in [2.24, 2.45) is 23.7 Å². The SMILES string of the molecule is C1=CC2CCCC2C=C1.Fc1c(F)c(F)c(C2CCC3C=CC=CC32)c(F)c1F.[CH3-].[CH3-].[Cl][Zr+2][Cl]. The number of rotatable bonds is 1. The summed E-state index contributed by atoms with van der Waals surface area (Å²) < 4.78 is 67.3. The molecule has 0 bridgehead atoms. The number of hydrogen-bond acceptors (Lipinski definition) is 0. The maximum absolute atomic E-state index is 13.9. The van der Waals surface area contributed by atoms with Gasteiger partial charge in [-0.2, -0.15) is 0 Å². The van der Waals surface area contributed by atoms with Crippen LogP contribution in [0.25, 0.3) is 0 Å². The molecular formula is C26H29Cl2F5Zr. The van der Waals surface area contributed by atoms with Gasteiger partial charge in [-0.1, -0.05) is 55.0 Å². The fourth-order valence-corrected chi connectivity index (χ4v) is 5.15. The first-order chi connectivity index (χ1) is 15.4. The van der Waals surface area contributed by atoms with E-state index >= 15 is 0 Å². The molecule has 0 saturated heterocycles. The van der Waals surface area contributed by atoms with Crippen LogP contribution < -0.4 is 0 Å². The number of allylic oxidation sites excluding steroid dienone is 8. The second-order valence-electron chi connectivity index (χ2n) is 8.28. The van der Waals surface area contributed by atoms with Gasteiger partial charge < -0.3 is 14.9 Å². The third-order valence-electron chi connectivity index (χ3n) is 6.64. The molecule has 5 atom stereocenters. The Labute approximate surface area is 218 Å². The Morgan fingerprint density at radius 1 is 0.588 bits per heavy atom. The fraction of sp³-hybridized carbons (Fsp3) is 0.385. The summed E-state index contributed by atoms with van der Waals surface area (Å²) in [5, 5.41) is 0. The summed E-state index contributed by atoms with van der Waals surface area (Å²) in [7, 11) is 9.87. The van der Waals surface area contributed by atoms with Crippen LogP contribution in [-0.4, -0.2) is 0 Å². The molecule has 4 aliphatic carbocycles. The number of fused-ring (bicyclic) bond motifs is 2. The van der Waals surface area contributed by atoms with Crippen molar-refractivity contribution in [3.63, 3.8) is 0 Å². The molecule has 0 aliphatic heterocycles. The number of hydrogen-bond donors (Lipinski definition) is 0. The van der Waals surface area contributed by atoms with Crippen molar-refractivity contribution in [2.45, 2.75) is 38.0 Å². The monoisotopic (exact) mass is 596 g/mol. The van der Waals surface area contributed by atoms with Gasteiger partial charge in [0.15, 0.2) is 23.3 Å². The molecule has 2 saturated carbocycles. The van der Waals surface area contributed by atoms with Gasteiger partial charge in [0.05, 0.1) is 0 Å². The fourth-order valence-electron chi connectivity index (χ4n) is 5.15. The van der Waals surface area contributed by atoms with E-state index in [1.165, 1.54) is 19.3 Å². The minimum absolute atomic E-state index is 0. The van der Waals surface area contributed by atoms with E-state index in [9.17, 15) is 22.0 Å². The molecule has 0 amide bonds. The second-order valence-corrected chi connectivity index (χ2v) is 12.0. The van der Waals surface area contributed by atoms with Crippen LogP contribution in [-0.2, 0) is 20.8 Å². The predicted molar refractivity (Wildman–Crippen MR) is 127 cm³/mol. The molecule has 0 heterocycles. The van der Waals surface area contributed by atoms with E-state index in [0.29, 0.717) is 12.8 Å². The van der Waals surface area contributed by atoms with E-state index in [-0.39, 0.29) is 26.7 Å². The van der Waals surface area contributed by atoms with Crippen LogP contribution in [0.15, 0.2) is 48.6 Å². The van der Waals surface area contributed by atoms with E-state index < -0.39 is 61.4 Å². The topological polar surface area (TPSA) is 0 Å². The van der Waals surface area contributed by atoms with Crippen LogP contribution in [0.4, 0.5) is 22.0 Å². The zero-order chi connectivity index (χ0) is 23.3. The molecule has 34 heavy (non-hydrogen) atoms. The molecule has 5 unspecified atom stereocenters. The van der Waals surface area contributed by atoms with Crippen LogP contribution in [0, 0.1) is 67.6 Å². The first-order valence-corrected chi connectivity index (χ1v) is 16.9. The first-order valence-electron chi connectivity index (χ1n) is 10.6. The van der Waals surface area contributed by atoms with Crippen molar-refractivity contribution in [3.05, 3.63) is 98.1 Å². The van der Waals surface area contributed by atoms with Gasteiger partial charge in [-0.05, 0) is 55.3 Å². The Morgan fingerprint density at radius 2 is 1.00 bits per heavy atom. The van der Waals surface area contributed by atoms with Crippen LogP contribution in [0.2, 0.25) is 0 Å². The van der Waals surface area contributed by atoms with Crippen LogP contribution >= 0.6 is 17.0 Å². The summed E-state index contributed by atoms with van der Waals surface area (Å²) in [6, 6.07) is 0. The molecule has 0 aromatic heterocycles. The molecule has 0 N–H and O–H groups in total. The Morgan fingerprint density at radius 3 is 1.50 bits per heavy atom. The zero-order valence-corrected chi connectivity index (χ0v) is 23.2. The molecule has 1 aromatic carbocycles. The summed E-state index contributed by atoms with van der Waals surface area (Å²) >= 11 is -0.826. The van der Waals surface area contributed by atoms with Crippen LogP contribution in [0.5, 0.6) is 0 Å². The molecule has 0 radical (unpaired) electrons. The third-order valence-corrected chi connectivity index (χ3v) is 6.64. The van der Waals surface area contributed by atoms with E-state index in [4.69, 9.17) is 17.0 Å². The van der Waals surface area contributed by atoms with Crippen molar-refractivity contribution in [1.82, 2.24) is 0 Å². The third kappa shape index (κ3) is 6.95. The van der Waals surface area contributed by atoms with Crippen LogP contribution in [0.3, 0.4) is 0 Å². The summed E-state index contributed by atoms with van der Waals surface area (Å²) in [4.78, 5) is 0. The van der Waals surface area contributed by atoms with E-state index in [1.807, 2.05) is 12.2 Å². The average Bonchev–Trinajstić information content (AvgIpc) is 3.45. The van der Waals surface area contributed by atoms with Gasteiger partial charge in [0.2, 0.25) is 5.82 Å². The average molecular weight is 599 g/mol. The Balaban J connectivity index is 0.000000346. The zero-order valence-electron chi connectivity index (χ0n) is 19.2. The van der Waals surface area contributed by atoms with Crippen LogP contribution in [0.1, 0.15) is 43.6 Å². The molecule has 2 fully saturated rings. The summed E-state index contributed by atoms with van der Waals surface area (Å²) in [5.41, 5.74) is -0.672. The van der Waals surface area contributed by atoms with E-state index in [2.05, 4.69) is 24.3 Å². The first kappa shape index (κ1) is 31.3. The summed E-state index contributed by atoms with van der Waals surface area (Å²) in [6.07, 6.45) is 21.7. The Bertz CT molecular complexity index is 881. The Hall–Kier alpha value is -0.707. The molecular weight excluding hydrogens is 569 g/mol. The van der Waals surface area contributed by atoms with Crippen molar-refractivity contribution in [1.29, 1.82) is 0 Å². The molecule has 8 heteroatoms. The standard InChI is InChI=1S/C15H11F5.C9H12.2CH3.2ClH.Zr/c16-11-10(12(17)14(19)15(20)13(11)18)9-6-5-7-3-1-2-4-8(7)9;1-2-5-9-7-3-6-8(9)4-1;;;;;/h1-4,7-9H,5-6H2;1-2,4-5,8-9H,3,6-7H2;2*1H3;2*1H;/q;;2*-1;;;+4/p-2. The normalized spacial score (nSPS) is 27.1. The van der Waals surface area contributed by atoms with Gasteiger partial charge in [0.25, 0.3) is 0 Å². The number of benzene rings is 1. The molecule has 5 rings (SSSR count). The maximum atomic E-state index is 13.9. The van der Waals surface area contributed by atoms with Crippen molar-refractivity contribution in [3.8, 4) is 0 Å². The van der Waals surface area contributed by atoms with Gasteiger partial charge in [-0.3, -0.25) is 0 Å². The van der Waals surface area contributed by atoms with Gasteiger partial charge in [-0.25, -0.2) is 22.0 Å². The summed E-state index contributed by atoms with van der Waals surface area (Å²) in [6.45, 7) is 0. The number of halogens is 7. The van der Waals surface area contributed by atoms with Crippen molar-refractivity contribution < 1.29 is 42.8 Å². The van der Waals surface area contributed by atoms with Gasteiger partial charge >= 0.3 is 37.9 Å². The van der Waals surface area contributed by atoms with E-state index in [1.54, 1.807) is 12.2 Å². The summed E-state index contributed by atoms with van der Waals surface area (Å²) in [5.74, 6) is -8.22. The molecule has 186 valence electrons. The second kappa shape index (κ2) is 14.8. The quantitative estimate of drug-likeness (QED) is 0.131. The van der Waals surface area contributed by atoms with Gasteiger partial charge in [-0.15, -0.1) is 0 Å². The van der Waals surface area contributed by atoms with Gasteiger partial charge in [0.1, 0.15) is 0 Å². The van der Waals surface area contributed by atoms with Gasteiger partial charge in [0, 0.05) is 5.56 Å². The van der Waals surface area contributed by atoms with E-state index in [0.717, 1.165) is 11.8 Å². The van der Waals surface area contributed by atoms with Crippen molar-refractivity contribution in [2.75, 3.05) is 0 Å². The Kier molecular flexibility index (Phi) is 13.6. The predicted octanol–water partition coefficient (Wildman–Crippen LogP) is 9.42.